The second-order valence-corrected chi connectivity index (χ2v) is 30.6. The van der Waals surface area contributed by atoms with Crippen LogP contribution >= 0.6 is 0 Å². The number of para-hydroxylation sites is 2. The van der Waals surface area contributed by atoms with Crippen LogP contribution in [0.5, 0.6) is 23.0 Å². The van der Waals surface area contributed by atoms with Crippen molar-refractivity contribution in [2.24, 2.45) is 0 Å². The number of furan rings is 1. The first-order chi connectivity index (χ1) is 57.9. The predicted molar refractivity (Wildman–Crippen MR) is 467 cm³/mol. The third-order valence-electron chi connectivity index (χ3n) is 24.4. The molecule has 4 aliphatic rings. The van der Waals surface area contributed by atoms with Crippen LogP contribution in [0.3, 0.4) is 0 Å². The van der Waals surface area contributed by atoms with Crippen molar-refractivity contribution in [2.45, 2.75) is 10.8 Å². The number of rotatable bonds is 10. The van der Waals surface area contributed by atoms with Gasteiger partial charge in [-0.3, -0.25) is 0 Å². The molecule has 9 heteroatoms. The van der Waals surface area contributed by atoms with E-state index in [-0.39, 0.29) is 0 Å². The topological polar surface area (TPSA) is 109 Å². The Morgan fingerprint density at radius 1 is 0.162 bits per heavy atom. The number of hydrogen-bond acceptors (Lipinski definition) is 9. The van der Waals surface area contributed by atoms with Crippen LogP contribution in [0.15, 0.2) is 393 Å². The van der Waals surface area contributed by atoms with Gasteiger partial charge in [-0.15, -0.1) is 0 Å². The summed E-state index contributed by atoms with van der Waals surface area (Å²) >= 11 is 0. The van der Waals surface area contributed by atoms with E-state index in [0.29, 0.717) is 34.9 Å². The fraction of sp³-hybridized carbons (Fsp3) is 0.0185. The molecule has 0 unspecified atom stereocenters. The Bertz CT molecular complexity index is 7430. The average Bonchev–Trinajstić information content (AvgIpc) is 1.54. The minimum absolute atomic E-state index is 0.544. The molecule has 17 aromatic carbocycles. The Balaban J connectivity index is 0.600. The Labute approximate surface area is 673 Å². The molecule has 2 aliphatic carbocycles. The molecule has 20 aromatic rings. The standard InChI is InChI=1S/C108H64N6O3/c1-3-22-67(23-4-1)77-55-56-86(79-29-8-7-28-78(77)79)106-113-103(70-48-44-65(45-49-70)72-51-57-92-98(61-72)116-96-41-20-18-39-91(96)107(92)87-35-14-9-30-80(87)81-31-10-15-36-88(81)107)112-104(114-106)75-27-21-26-71(60-75)74-53-59-94-100(63-74)117-99-62-73(52-58-93(99)108(94)89-37-16-11-32-82(89)83-33-12-17-38-90(83)108)66-42-46-69(47-43-66)102-109-101(68-24-5-2-6-25-68)110-105(111-102)76-50-54-85-84-34-13-19-40-95(84)115-97(85)64-76/h1-64H. The van der Waals surface area contributed by atoms with E-state index in [1.807, 2.05) is 54.6 Å². The lowest BCUT2D eigenvalue weighted by Crippen LogP contribution is -2.32. The molecule has 3 aromatic heterocycles. The molecule has 24 rings (SSSR count). The van der Waals surface area contributed by atoms with E-state index < -0.39 is 10.8 Å². The first-order valence-electron chi connectivity index (χ1n) is 39.6. The Morgan fingerprint density at radius 3 is 1.02 bits per heavy atom. The lowest BCUT2D eigenvalue weighted by atomic mass is 9.65. The van der Waals surface area contributed by atoms with E-state index in [4.69, 9.17) is 43.8 Å². The van der Waals surface area contributed by atoms with Crippen molar-refractivity contribution in [3.63, 3.8) is 0 Å². The van der Waals surface area contributed by atoms with Crippen molar-refractivity contribution in [3.8, 4) is 158 Å². The van der Waals surface area contributed by atoms with Crippen molar-refractivity contribution < 1.29 is 13.9 Å². The molecule has 0 atom stereocenters. The molecule has 0 radical (unpaired) electrons. The normalized spacial score (nSPS) is 13.2. The quantitative estimate of drug-likeness (QED) is 0.132. The van der Waals surface area contributed by atoms with Crippen LogP contribution in [-0.4, -0.2) is 29.9 Å². The van der Waals surface area contributed by atoms with Crippen LogP contribution in [0.25, 0.3) is 168 Å². The molecule has 2 aliphatic heterocycles. The smallest absolute Gasteiger partial charge is 0.164 e. The van der Waals surface area contributed by atoms with Gasteiger partial charge in [0.2, 0.25) is 0 Å². The van der Waals surface area contributed by atoms with Gasteiger partial charge in [0.05, 0.1) is 10.8 Å². The van der Waals surface area contributed by atoms with Gasteiger partial charge in [0.25, 0.3) is 0 Å². The SMILES string of the molecule is c1ccc(-c2nc(-c3ccc(-c4ccc5c(c4)Oc4cc(-c6cccc(-c7nc(-c8ccc(-c9ccc%10c(c9)Oc9ccccc9C%109c%10ccccc%10-c%10ccccc%109)cc8)nc(-c8ccc(-c9ccccc9)c9ccccc89)n7)c6)ccc4C54c5ccccc5-c5ccccc54)cc3)nc(-c3ccc4c(c3)oc3ccccc34)n2)cc1. The maximum absolute atomic E-state index is 7.43. The summed E-state index contributed by atoms with van der Waals surface area (Å²) in [5, 5.41) is 4.26. The summed E-state index contributed by atoms with van der Waals surface area (Å²) in [6.07, 6.45) is 0. The third kappa shape index (κ3) is 10.2. The minimum atomic E-state index is -0.707. The highest BCUT2D eigenvalue weighted by Gasteiger charge is 2.53. The monoisotopic (exact) mass is 1490 g/mol. The van der Waals surface area contributed by atoms with Crippen LogP contribution < -0.4 is 9.47 Å². The van der Waals surface area contributed by atoms with Crippen molar-refractivity contribution in [1.82, 2.24) is 29.9 Å². The van der Waals surface area contributed by atoms with Crippen LogP contribution in [0.4, 0.5) is 0 Å². The molecule has 0 bridgehead atoms. The highest BCUT2D eigenvalue weighted by molar-refractivity contribution is 6.07. The van der Waals surface area contributed by atoms with Crippen molar-refractivity contribution in [3.05, 3.63) is 433 Å². The highest BCUT2D eigenvalue weighted by atomic mass is 16.5. The summed E-state index contributed by atoms with van der Waals surface area (Å²) in [5.41, 5.74) is 28.1. The molecule has 0 fully saturated rings. The second-order valence-electron chi connectivity index (χ2n) is 30.6. The number of fused-ring (bicyclic) bond motifs is 22. The summed E-state index contributed by atoms with van der Waals surface area (Å²) in [4.78, 5) is 31.7. The second kappa shape index (κ2) is 26.0. The maximum Gasteiger partial charge on any atom is 0.164 e. The van der Waals surface area contributed by atoms with E-state index in [1.165, 1.54) is 44.5 Å². The number of hydrogen-bond donors (Lipinski definition) is 0. The summed E-state index contributed by atoms with van der Waals surface area (Å²) in [6.45, 7) is 0. The van der Waals surface area contributed by atoms with Gasteiger partial charge in [-0.25, -0.2) is 29.9 Å². The molecule has 0 saturated carbocycles. The van der Waals surface area contributed by atoms with Gasteiger partial charge in [-0.2, -0.15) is 0 Å². The average molecular weight is 1490 g/mol. The van der Waals surface area contributed by atoms with Gasteiger partial charge in [0.1, 0.15) is 34.2 Å². The number of ether oxygens (including phenoxy) is 2. The van der Waals surface area contributed by atoms with Gasteiger partial charge in [0.15, 0.2) is 34.9 Å². The van der Waals surface area contributed by atoms with Gasteiger partial charge in [0, 0.05) is 66.4 Å². The maximum atomic E-state index is 7.43. The zero-order valence-corrected chi connectivity index (χ0v) is 62.9. The van der Waals surface area contributed by atoms with Gasteiger partial charge < -0.3 is 13.9 Å². The number of aromatic nitrogens is 6. The number of benzene rings is 17. The number of nitrogens with zero attached hydrogens (tertiary/aromatic N) is 6. The van der Waals surface area contributed by atoms with E-state index in [1.54, 1.807) is 0 Å². The first kappa shape index (κ1) is 66.1. The lowest BCUT2D eigenvalue weighted by molar-refractivity contribution is 0.436. The first-order valence-corrected chi connectivity index (χ1v) is 39.6. The Kier molecular flexibility index (Phi) is 14.7. The van der Waals surface area contributed by atoms with Gasteiger partial charge in [-0.05, 0) is 154 Å². The molecule has 117 heavy (non-hydrogen) atoms. The fourth-order valence-electron chi connectivity index (χ4n) is 19.1. The molecule has 2 spiro atoms. The molecule has 0 saturated heterocycles. The van der Waals surface area contributed by atoms with Gasteiger partial charge in [-0.1, -0.05) is 334 Å². The van der Waals surface area contributed by atoms with Crippen LogP contribution in [0, 0.1) is 0 Å². The van der Waals surface area contributed by atoms with Crippen LogP contribution in [0.2, 0.25) is 0 Å². The molecular weight excluding hydrogens is 1430 g/mol. The zero-order chi connectivity index (χ0) is 76.9. The highest BCUT2D eigenvalue weighted by Crippen LogP contribution is 2.65. The molecule has 0 amide bonds. The molecule has 0 N–H and O–H groups in total. The molecular formula is C108H64N6O3. The van der Waals surface area contributed by atoms with Gasteiger partial charge >= 0.3 is 0 Å². The summed E-state index contributed by atoms with van der Waals surface area (Å²) < 4.78 is 20.7. The largest absolute Gasteiger partial charge is 0.457 e. The fourth-order valence-corrected chi connectivity index (χ4v) is 19.1. The predicted octanol–water partition coefficient (Wildman–Crippen LogP) is 26.7. The third-order valence-corrected chi connectivity index (χ3v) is 24.4. The Hall–Kier alpha value is -15.6. The Morgan fingerprint density at radius 2 is 0.487 bits per heavy atom. The summed E-state index contributed by atoms with van der Waals surface area (Å²) in [6, 6.07) is 138. The molecule has 544 valence electrons. The van der Waals surface area contributed by atoms with E-state index >= 15 is 0 Å². The van der Waals surface area contributed by atoms with Crippen LogP contribution in [-0.2, 0) is 10.8 Å². The summed E-state index contributed by atoms with van der Waals surface area (Å²) in [7, 11) is 0. The van der Waals surface area contributed by atoms with Crippen molar-refractivity contribution >= 4 is 32.7 Å². The van der Waals surface area contributed by atoms with E-state index in [9.17, 15) is 0 Å². The van der Waals surface area contributed by atoms with Crippen molar-refractivity contribution in [2.75, 3.05) is 0 Å². The van der Waals surface area contributed by atoms with Crippen LogP contribution in [0.1, 0.15) is 44.5 Å². The zero-order valence-electron chi connectivity index (χ0n) is 62.9. The molecule has 9 nitrogen and oxygen atoms in total. The molecule has 5 heterocycles. The summed E-state index contributed by atoms with van der Waals surface area (Å²) in [5.74, 6) is 6.60. The van der Waals surface area contributed by atoms with E-state index in [2.05, 4.69) is 334 Å². The van der Waals surface area contributed by atoms with Crippen molar-refractivity contribution in [1.29, 1.82) is 0 Å². The lowest BCUT2D eigenvalue weighted by Gasteiger charge is -2.39. The van der Waals surface area contributed by atoms with E-state index in [0.717, 1.165) is 156 Å². The minimum Gasteiger partial charge on any atom is -0.457 e.